The Labute approximate surface area is 475 Å². The monoisotopic (exact) mass is 1060 g/mol. The van der Waals surface area contributed by atoms with Crippen LogP contribution in [0.4, 0.5) is 0 Å². The van der Waals surface area contributed by atoms with E-state index in [-0.39, 0.29) is 31.1 Å². The van der Waals surface area contributed by atoms with Crippen LogP contribution in [-0.2, 0) is 28.6 Å². The maximum Gasteiger partial charge on any atom is 0.306 e. The van der Waals surface area contributed by atoms with Crippen molar-refractivity contribution in [2.45, 2.75) is 284 Å². The van der Waals surface area contributed by atoms with Gasteiger partial charge in [-0.3, -0.25) is 14.4 Å². The van der Waals surface area contributed by atoms with Crippen molar-refractivity contribution in [3.63, 3.8) is 0 Å². The Morgan fingerprint density at radius 2 is 0.506 bits per heavy atom. The summed E-state index contributed by atoms with van der Waals surface area (Å²) in [5.41, 5.74) is 0. The summed E-state index contributed by atoms with van der Waals surface area (Å²) in [6.45, 7) is 6.36. The molecule has 1 atom stereocenters. The zero-order chi connectivity index (χ0) is 55.7. The Balaban J connectivity index is 4.14. The molecule has 0 saturated carbocycles. The van der Waals surface area contributed by atoms with E-state index in [1.165, 1.54) is 96.3 Å². The van der Waals surface area contributed by atoms with Crippen LogP contribution in [0.25, 0.3) is 0 Å². The Kier molecular flexibility index (Phi) is 60.4. The first-order valence-corrected chi connectivity index (χ1v) is 31.7. The minimum absolute atomic E-state index is 0.0860. The van der Waals surface area contributed by atoms with E-state index in [1.54, 1.807) is 0 Å². The number of unbranched alkanes of at least 4 members (excludes halogenated alkanes) is 23. The molecule has 6 nitrogen and oxygen atoms in total. The highest BCUT2D eigenvalue weighted by Crippen LogP contribution is 2.15. The maximum absolute atomic E-state index is 12.8. The van der Waals surface area contributed by atoms with Gasteiger partial charge < -0.3 is 14.2 Å². The molecule has 0 bridgehead atoms. The lowest BCUT2D eigenvalue weighted by atomic mass is 10.0. The second kappa shape index (κ2) is 64.1. The van der Waals surface area contributed by atoms with Crippen LogP contribution in [0.5, 0.6) is 0 Å². The number of allylic oxidation sites excluding steroid dienone is 22. The van der Waals surface area contributed by atoms with Gasteiger partial charge in [0, 0.05) is 19.3 Å². The SMILES string of the molecule is CC/C=C\C/C=C\C/C=C\C/C=C\C/C=C\C/C=C\C/C=C\CCCCCCCCCCCCCC(=O)OCC(COC(=O)CCCCCCCCC)OC(=O)CCCCCCCC/C=C\C/C=C\C/C=C\C/C=C\CC. The number of carbonyl (C=O) groups is 3. The minimum atomic E-state index is -0.788. The number of hydrogen-bond acceptors (Lipinski definition) is 6. The second-order valence-electron chi connectivity index (χ2n) is 20.6. The van der Waals surface area contributed by atoms with E-state index in [2.05, 4.69) is 154 Å². The van der Waals surface area contributed by atoms with Gasteiger partial charge in [-0.25, -0.2) is 0 Å². The number of esters is 3. The molecular formula is C71H116O6. The molecule has 0 radical (unpaired) electrons. The molecule has 0 aromatic heterocycles. The third-order valence-corrected chi connectivity index (χ3v) is 13.2. The first kappa shape index (κ1) is 72.5. The highest BCUT2D eigenvalue weighted by molar-refractivity contribution is 5.71. The van der Waals surface area contributed by atoms with Gasteiger partial charge >= 0.3 is 17.9 Å². The van der Waals surface area contributed by atoms with E-state index in [0.717, 1.165) is 141 Å². The molecule has 436 valence electrons. The standard InChI is InChI=1S/C71H116O6/c1-4-7-10-13-16-18-20-22-24-26-28-29-30-31-32-33-34-35-36-37-38-39-40-41-43-44-46-48-50-52-55-58-61-64-70(73)76-67-68(66-75-69(72)63-60-57-54-15-12-9-6-3)77-71(74)65-62-59-56-53-51-49-47-45-42-27-25-23-21-19-17-14-11-8-5-2/h7-8,10-11,16-19,22-25,28-29,31-32,34-35,37-38,42,45,68H,4-6,9,12-15,20-21,26-27,30,33,36,39-41,43-44,46-67H2,1-3H3/b10-7-,11-8-,18-16-,19-17-,24-22-,25-23-,29-28-,32-31-,35-34-,38-37-,45-42-. The zero-order valence-electron chi connectivity index (χ0n) is 49.9. The quantitative estimate of drug-likeness (QED) is 0.0261. The third kappa shape index (κ3) is 62.3. The molecule has 6 heteroatoms. The molecule has 77 heavy (non-hydrogen) atoms. The lowest BCUT2D eigenvalue weighted by Gasteiger charge is -2.18. The lowest BCUT2D eigenvalue weighted by Crippen LogP contribution is -2.30. The van der Waals surface area contributed by atoms with Crippen LogP contribution in [0.2, 0.25) is 0 Å². The van der Waals surface area contributed by atoms with Crippen molar-refractivity contribution in [2.24, 2.45) is 0 Å². The predicted molar refractivity (Wildman–Crippen MR) is 334 cm³/mol. The summed E-state index contributed by atoms with van der Waals surface area (Å²) >= 11 is 0. The van der Waals surface area contributed by atoms with E-state index in [9.17, 15) is 14.4 Å². The summed E-state index contributed by atoms with van der Waals surface area (Å²) in [6.07, 6.45) is 90.5. The zero-order valence-corrected chi connectivity index (χ0v) is 49.9. The Hall–Kier alpha value is -4.45. The van der Waals surface area contributed by atoms with Gasteiger partial charge in [-0.05, 0) is 116 Å². The Morgan fingerprint density at radius 3 is 0.792 bits per heavy atom. The van der Waals surface area contributed by atoms with Crippen LogP contribution < -0.4 is 0 Å². The average molecular weight is 1070 g/mol. The normalized spacial score (nSPS) is 13.0. The van der Waals surface area contributed by atoms with Crippen LogP contribution in [0.3, 0.4) is 0 Å². The number of ether oxygens (including phenoxy) is 3. The van der Waals surface area contributed by atoms with E-state index >= 15 is 0 Å². The number of carbonyl (C=O) groups excluding carboxylic acids is 3. The topological polar surface area (TPSA) is 78.9 Å². The highest BCUT2D eigenvalue weighted by atomic mass is 16.6. The van der Waals surface area contributed by atoms with Crippen molar-refractivity contribution in [1.29, 1.82) is 0 Å². The largest absolute Gasteiger partial charge is 0.462 e. The number of rotatable bonds is 56. The maximum atomic E-state index is 12.8. The molecule has 0 aliphatic carbocycles. The molecular weight excluding hydrogens is 949 g/mol. The van der Waals surface area contributed by atoms with Crippen LogP contribution in [0.1, 0.15) is 278 Å². The fourth-order valence-corrected chi connectivity index (χ4v) is 8.47. The van der Waals surface area contributed by atoms with E-state index in [4.69, 9.17) is 14.2 Å². The molecule has 0 rings (SSSR count). The Bertz CT molecular complexity index is 1650. The summed E-state index contributed by atoms with van der Waals surface area (Å²) < 4.78 is 16.8. The molecule has 0 fully saturated rings. The first-order chi connectivity index (χ1) is 38.0. The van der Waals surface area contributed by atoms with Gasteiger partial charge in [0.2, 0.25) is 0 Å². The molecule has 0 aliphatic heterocycles. The van der Waals surface area contributed by atoms with Gasteiger partial charge in [-0.1, -0.05) is 276 Å². The van der Waals surface area contributed by atoms with Crippen molar-refractivity contribution in [3.05, 3.63) is 134 Å². The van der Waals surface area contributed by atoms with Gasteiger partial charge in [0.1, 0.15) is 13.2 Å². The average Bonchev–Trinajstić information content (AvgIpc) is 3.43. The van der Waals surface area contributed by atoms with Gasteiger partial charge in [0.05, 0.1) is 0 Å². The minimum Gasteiger partial charge on any atom is -0.462 e. The Morgan fingerprint density at radius 1 is 0.273 bits per heavy atom. The van der Waals surface area contributed by atoms with E-state index in [1.807, 2.05) is 0 Å². The van der Waals surface area contributed by atoms with Crippen LogP contribution in [-0.4, -0.2) is 37.2 Å². The second-order valence-corrected chi connectivity index (χ2v) is 20.6. The summed E-state index contributed by atoms with van der Waals surface area (Å²) in [4.78, 5) is 38.1. The molecule has 0 aliphatic rings. The molecule has 0 amide bonds. The van der Waals surface area contributed by atoms with Crippen molar-refractivity contribution < 1.29 is 28.6 Å². The first-order valence-electron chi connectivity index (χ1n) is 31.7. The van der Waals surface area contributed by atoms with Gasteiger partial charge in [-0.2, -0.15) is 0 Å². The summed E-state index contributed by atoms with van der Waals surface area (Å²) in [6, 6.07) is 0. The molecule has 0 heterocycles. The fraction of sp³-hybridized carbons (Fsp3) is 0.648. The summed E-state index contributed by atoms with van der Waals surface area (Å²) in [5.74, 6) is -0.909. The van der Waals surface area contributed by atoms with E-state index in [0.29, 0.717) is 19.3 Å². The van der Waals surface area contributed by atoms with Gasteiger partial charge in [0.25, 0.3) is 0 Å². The number of hydrogen-bond donors (Lipinski definition) is 0. The summed E-state index contributed by atoms with van der Waals surface area (Å²) in [5, 5.41) is 0. The van der Waals surface area contributed by atoms with Crippen LogP contribution >= 0.6 is 0 Å². The van der Waals surface area contributed by atoms with Crippen molar-refractivity contribution in [2.75, 3.05) is 13.2 Å². The lowest BCUT2D eigenvalue weighted by molar-refractivity contribution is -0.167. The van der Waals surface area contributed by atoms with E-state index < -0.39 is 6.10 Å². The molecule has 1 unspecified atom stereocenters. The van der Waals surface area contributed by atoms with Crippen molar-refractivity contribution in [3.8, 4) is 0 Å². The van der Waals surface area contributed by atoms with Crippen LogP contribution in [0.15, 0.2) is 134 Å². The molecule has 0 aromatic carbocycles. The third-order valence-electron chi connectivity index (χ3n) is 13.2. The molecule has 0 saturated heterocycles. The smallest absolute Gasteiger partial charge is 0.306 e. The predicted octanol–water partition coefficient (Wildman–Crippen LogP) is 21.8. The van der Waals surface area contributed by atoms with Crippen LogP contribution in [0, 0.1) is 0 Å². The highest BCUT2D eigenvalue weighted by Gasteiger charge is 2.19. The van der Waals surface area contributed by atoms with Crippen molar-refractivity contribution in [1.82, 2.24) is 0 Å². The van der Waals surface area contributed by atoms with Crippen molar-refractivity contribution >= 4 is 17.9 Å². The molecule has 0 N–H and O–H groups in total. The molecule has 0 aromatic rings. The molecule has 0 spiro atoms. The summed E-state index contributed by atoms with van der Waals surface area (Å²) in [7, 11) is 0. The fourth-order valence-electron chi connectivity index (χ4n) is 8.47. The van der Waals surface area contributed by atoms with Gasteiger partial charge in [-0.15, -0.1) is 0 Å². The van der Waals surface area contributed by atoms with Gasteiger partial charge in [0.15, 0.2) is 6.10 Å².